The molecule has 0 aliphatic carbocycles. The van der Waals surface area contributed by atoms with Gasteiger partial charge in [-0.05, 0) is 19.3 Å². The molecule has 0 saturated carbocycles. The first-order valence-corrected chi connectivity index (χ1v) is 3.77. The Morgan fingerprint density at radius 3 is 2.80 bits per heavy atom. The van der Waals surface area contributed by atoms with E-state index in [1.807, 2.05) is 6.08 Å². The normalized spacial score (nSPS) is 30.1. The second-order valence-corrected chi connectivity index (χ2v) is 2.59. The lowest BCUT2D eigenvalue weighted by atomic mass is 10.1. The minimum absolute atomic E-state index is 0.297. The summed E-state index contributed by atoms with van der Waals surface area (Å²) in [5, 5.41) is 8.46. The number of rotatable bonds is 5. The molecule has 0 spiro atoms. The van der Waals surface area contributed by atoms with Crippen molar-refractivity contribution >= 4 is 0 Å². The summed E-state index contributed by atoms with van der Waals surface area (Å²) in [6, 6.07) is 0. The maximum Gasteiger partial charge on any atom is 0.102 e. The molecule has 0 amide bonds. The zero-order valence-electron chi connectivity index (χ0n) is 6.12. The standard InChI is InChI=1S/C8H14O2/c1-2-7-8(10-7)5-3-4-6-9/h2,7-9H,1,3-6H2/t7?,8-/m0/s1. The third-order valence-corrected chi connectivity index (χ3v) is 1.75. The fourth-order valence-corrected chi connectivity index (χ4v) is 1.05. The Balaban J connectivity index is 1.91. The summed E-state index contributed by atoms with van der Waals surface area (Å²) >= 11 is 0. The molecule has 0 aromatic carbocycles. The van der Waals surface area contributed by atoms with Gasteiger partial charge in [0, 0.05) is 6.61 Å². The zero-order valence-corrected chi connectivity index (χ0v) is 6.12. The van der Waals surface area contributed by atoms with E-state index in [1.54, 1.807) is 0 Å². The van der Waals surface area contributed by atoms with Gasteiger partial charge in [-0.3, -0.25) is 0 Å². The summed E-state index contributed by atoms with van der Waals surface area (Å²) in [6.07, 6.45) is 5.57. The smallest absolute Gasteiger partial charge is 0.102 e. The van der Waals surface area contributed by atoms with E-state index in [0.29, 0.717) is 18.8 Å². The highest BCUT2D eigenvalue weighted by molar-refractivity contribution is 4.97. The third-order valence-electron chi connectivity index (χ3n) is 1.75. The number of epoxide rings is 1. The molecule has 1 saturated heterocycles. The first kappa shape index (κ1) is 7.76. The molecule has 0 aromatic heterocycles. The van der Waals surface area contributed by atoms with Gasteiger partial charge in [0.2, 0.25) is 0 Å². The highest BCUT2D eigenvalue weighted by Gasteiger charge is 2.34. The van der Waals surface area contributed by atoms with Gasteiger partial charge in [-0.15, -0.1) is 6.58 Å². The van der Waals surface area contributed by atoms with Gasteiger partial charge in [0.05, 0.1) is 6.10 Å². The minimum Gasteiger partial charge on any atom is -0.396 e. The Bertz CT molecular complexity index is 112. The van der Waals surface area contributed by atoms with Crippen molar-refractivity contribution in [1.29, 1.82) is 0 Å². The van der Waals surface area contributed by atoms with E-state index in [1.165, 1.54) is 0 Å². The van der Waals surface area contributed by atoms with Crippen molar-refractivity contribution in [2.24, 2.45) is 0 Å². The lowest BCUT2D eigenvalue weighted by Crippen LogP contribution is -1.91. The van der Waals surface area contributed by atoms with Gasteiger partial charge in [0.1, 0.15) is 6.10 Å². The quantitative estimate of drug-likeness (QED) is 0.354. The Kier molecular flexibility index (Phi) is 2.90. The fourth-order valence-electron chi connectivity index (χ4n) is 1.05. The van der Waals surface area contributed by atoms with E-state index in [-0.39, 0.29) is 0 Å². The molecule has 0 bridgehead atoms. The topological polar surface area (TPSA) is 32.8 Å². The molecule has 1 unspecified atom stereocenters. The van der Waals surface area contributed by atoms with Gasteiger partial charge in [-0.1, -0.05) is 6.08 Å². The van der Waals surface area contributed by atoms with Crippen LogP contribution in [-0.2, 0) is 4.74 Å². The van der Waals surface area contributed by atoms with Crippen LogP contribution in [0.3, 0.4) is 0 Å². The lowest BCUT2D eigenvalue weighted by molar-refractivity contribution is 0.278. The SMILES string of the molecule is C=CC1O[C@H]1CCCCO. The monoisotopic (exact) mass is 142 g/mol. The van der Waals surface area contributed by atoms with Gasteiger partial charge in [-0.25, -0.2) is 0 Å². The van der Waals surface area contributed by atoms with E-state index in [2.05, 4.69) is 6.58 Å². The van der Waals surface area contributed by atoms with E-state index in [9.17, 15) is 0 Å². The molecule has 58 valence electrons. The van der Waals surface area contributed by atoms with Crippen LogP contribution in [0.4, 0.5) is 0 Å². The van der Waals surface area contributed by atoms with Crippen LogP contribution in [-0.4, -0.2) is 23.9 Å². The summed E-state index contributed by atoms with van der Waals surface area (Å²) < 4.78 is 5.21. The molecule has 1 N–H and O–H groups in total. The molecule has 2 heteroatoms. The van der Waals surface area contributed by atoms with Crippen molar-refractivity contribution in [2.75, 3.05) is 6.61 Å². The van der Waals surface area contributed by atoms with Crippen molar-refractivity contribution in [3.05, 3.63) is 12.7 Å². The second-order valence-electron chi connectivity index (χ2n) is 2.59. The minimum atomic E-state index is 0.297. The highest BCUT2D eigenvalue weighted by Crippen LogP contribution is 2.27. The average molecular weight is 142 g/mol. The van der Waals surface area contributed by atoms with E-state index >= 15 is 0 Å². The molecule has 10 heavy (non-hydrogen) atoms. The summed E-state index contributed by atoms with van der Waals surface area (Å²) in [5.41, 5.74) is 0. The summed E-state index contributed by atoms with van der Waals surface area (Å²) in [4.78, 5) is 0. The first-order valence-electron chi connectivity index (χ1n) is 3.77. The molecule has 2 nitrogen and oxygen atoms in total. The number of aliphatic hydroxyl groups is 1. The molecule has 1 heterocycles. The van der Waals surface area contributed by atoms with Crippen LogP contribution in [0.2, 0.25) is 0 Å². The van der Waals surface area contributed by atoms with Crippen LogP contribution in [0.1, 0.15) is 19.3 Å². The Morgan fingerprint density at radius 1 is 1.50 bits per heavy atom. The highest BCUT2D eigenvalue weighted by atomic mass is 16.6. The van der Waals surface area contributed by atoms with Crippen LogP contribution in [0, 0.1) is 0 Å². The fraction of sp³-hybridized carbons (Fsp3) is 0.750. The Labute approximate surface area is 61.5 Å². The van der Waals surface area contributed by atoms with Crippen LogP contribution < -0.4 is 0 Å². The van der Waals surface area contributed by atoms with Gasteiger partial charge >= 0.3 is 0 Å². The van der Waals surface area contributed by atoms with Gasteiger partial charge in [0.25, 0.3) is 0 Å². The molecule has 1 aliphatic heterocycles. The molecule has 0 radical (unpaired) electrons. The van der Waals surface area contributed by atoms with Crippen LogP contribution in [0.5, 0.6) is 0 Å². The molecular weight excluding hydrogens is 128 g/mol. The molecule has 1 fully saturated rings. The maximum absolute atomic E-state index is 8.46. The largest absolute Gasteiger partial charge is 0.396 e. The van der Waals surface area contributed by atoms with Gasteiger partial charge in [-0.2, -0.15) is 0 Å². The summed E-state index contributed by atoms with van der Waals surface area (Å²) in [6.45, 7) is 3.92. The van der Waals surface area contributed by atoms with Crippen LogP contribution >= 0.6 is 0 Å². The van der Waals surface area contributed by atoms with Crippen molar-refractivity contribution < 1.29 is 9.84 Å². The Morgan fingerprint density at radius 2 is 2.30 bits per heavy atom. The number of aliphatic hydroxyl groups excluding tert-OH is 1. The van der Waals surface area contributed by atoms with E-state index < -0.39 is 0 Å². The predicted octanol–water partition coefficient (Wildman–Crippen LogP) is 1.10. The average Bonchev–Trinajstić information content (AvgIpc) is 2.68. The molecule has 0 aromatic rings. The van der Waals surface area contributed by atoms with Crippen molar-refractivity contribution in [1.82, 2.24) is 0 Å². The Hall–Kier alpha value is -0.340. The molecule has 1 rings (SSSR count). The zero-order chi connectivity index (χ0) is 7.40. The van der Waals surface area contributed by atoms with Crippen LogP contribution in [0.15, 0.2) is 12.7 Å². The lowest BCUT2D eigenvalue weighted by Gasteiger charge is -1.91. The maximum atomic E-state index is 8.46. The van der Waals surface area contributed by atoms with E-state index in [0.717, 1.165) is 19.3 Å². The van der Waals surface area contributed by atoms with Crippen molar-refractivity contribution in [2.45, 2.75) is 31.5 Å². The number of ether oxygens (including phenoxy) is 1. The second kappa shape index (κ2) is 3.74. The van der Waals surface area contributed by atoms with Crippen LogP contribution in [0.25, 0.3) is 0 Å². The number of hydrogen-bond donors (Lipinski definition) is 1. The number of unbranched alkanes of at least 4 members (excludes halogenated alkanes) is 1. The van der Waals surface area contributed by atoms with E-state index in [4.69, 9.17) is 9.84 Å². The molecular formula is C8H14O2. The summed E-state index contributed by atoms with van der Waals surface area (Å²) in [5.74, 6) is 0. The summed E-state index contributed by atoms with van der Waals surface area (Å²) in [7, 11) is 0. The first-order chi connectivity index (χ1) is 4.88. The van der Waals surface area contributed by atoms with Gasteiger partial charge < -0.3 is 9.84 Å². The predicted molar refractivity (Wildman–Crippen MR) is 39.8 cm³/mol. The number of hydrogen-bond acceptors (Lipinski definition) is 2. The molecule has 1 aliphatic rings. The van der Waals surface area contributed by atoms with Gasteiger partial charge in [0.15, 0.2) is 0 Å². The molecule has 2 atom stereocenters. The third kappa shape index (κ3) is 2.12. The van der Waals surface area contributed by atoms with Crippen molar-refractivity contribution in [3.8, 4) is 0 Å². The van der Waals surface area contributed by atoms with Crippen molar-refractivity contribution in [3.63, 3.8) is 0 Å².